The molecule has 0 spiro atoms. The second-order valence-corrected chi connectivity index (χ2v) is 3.78. The van der Waals surface area contributed by atoms with Crippen LogP contribution in [0.15, 0.2) is 0 Å². The number of amides is 1. The molecule has 1 rings (SSSR count). The van der Waals surface area contributed by atoms with E-state index in [1.54, 1.807) is 0 Å². The Hall–Kier alpha value is -0.620. The summed E-state index contributed by atoms with van der Waals surface area (Å²) in [7, 11) is 1.31. The molecule has 0 aromatic rings. The smallest absolute Gasteiger partial charge is 0.307 e. The van der Waals surface area contributed by atoms with Crippen molar-refractivity contribution in [3.05, 3.63) is 0 Å². The third-order valence-corrected chi connectivity index (χ3v) is 2.89. The Bertz CT molecular complexity index is 241. The van der Waals surface area contributed by atoms with Crippen molar-refractivity contribution in [1.29, 1.82) is 0 Å². The molecule has 0 saturated carbocycles. The SMILES string of the molecule is COC(=O)C[C@@H]1SC(=O)NC1=S. The van der Waals surface area contributed by atoms with Gasteiger partial charge in [-0.3, -0.25) is 9.59 Å². The van der Waals surface area contributed by atoms with Gasteiger partial charge in [-0.2, -0.15) is 0 Å². The largest absolute Gasteiger partial charge is 0.469 e. The Balaban J connectivity index is 2.48. The van der Waals surface area contributed by atoms with Gasteiger partial charge in [-0.15, -0.1) is 0 Å². The fraction of sp³-hybridized carbons (Fsp3) is 0.500. The van der Waals surface area contributed by atoms with Crippen LogP contribution in [0.4, 0.5) is 4.79 Å². The number of ether oxygens (including phenoxy) is 1. The molecule has 66 valence electrons. The highest BCUT2D eigenvalue weighted by molar-refractivity contribution is 8.16. The van der Waals surface area contributed by atoms with Crippen molar-refractivity contribution in [2.45, 2.75) is 11.7 Å². The maximum atomic E-state index is 10.8. The topological polar surface area (TPSA) is 55.4 Å². The highest BCUT2D eigenvalue weighted by Gasteiger charge is 2.30. The summed E-state index contributed by atoms with van der Waals surface area (Å²) < 4.78 is 4.44. The summed E-state index contributed by atoms with van der Waals surface area (Å²) in [5.41, 5.74) is 0. The number of rotatable bonds is 2. The lowest BCUT2D eigenvalue weighted by Gasteiger charge is -2.03. The van der Waals surface area contributed by atoms with Crippen LogP contribution in [0.25, 0.3) is 0 Å². The molecule has 4 nitrogen and oxygen atoms in total. The van der Waals surface area contributed by atoms with E-state index in [1.807, 2.05) is 0 Å². The lowest BCUT2D eigenvalue weighted by atomic mass is 10.3. The number of carbonyl (C=O) groups is 2. The van der Waals surface area contributed by atoms with Crippen molar-refractivity contribution in [2.75, 3.05) is 7.11 Å². The van der Waals surface area contributed by atoms with E-state index < -0.39 is 0 Å². The molecule has 1 fully saturated rings. The molecule has 0 unspecified atom stereocenters. The summed E-state index contributed by atoms with van der Waals surface area (Å²) in [6, 6.07) is 0. The number of thioether (sulfide) groups is 1. The molecule has 1 heterocycles. The monoisotopic (exact) mass is 205 g/mol. The summed E-state index contributed by atoms with van der Waals surface area (Å²) in [6.07, 6.45) is 0.152. The molecule has 0 bridgehead atoms. The quantitative estimate of drug-likeness (QED) is 0.531. The summed E-state index contributed by atoms with van der Waals surface area (Å²) in [4.78, 5) is 21.9. The molecule has 1 atom stereocenters. The van der Waals surface area contributed by atoms with Crippen LogP contribution in [0.1, 0.15) is 6.42 Å². The van der Waals surface area contributed by atoms with Crippen molar-refractivity contribution < 1.29 is 14.3 Å². The van der Waals surface area contributed by atoms with E-state index in [4.69, 9.17) is 12.2 Å². The maximum absolute atomic E-state index is 10.8. The first-order valence-electron chi connectivity index (χ1n) is 3.22. The van der Waals surface area contributed by atoms with Crippen molar-refractivity contribution in [3.63, 3.8) is 0 Å². The van der Waals surface area contributed by atoms with Gasteiger partial charge in [0.25, 0.3) is 5.24 Å². The van der Waals surface area contributed by atoms with Gasteiger partial charge in [-0.25, -0.2) is 0 Å². The van der Waals surface area contributed by atoms with Crippen LogP contribution in [0.5, 0.6) is 0 Å². The van der Waals surface area contributed by atoms with E-state index in [1.165, 1.54) is 7.11 Å². The highest BCUT2D eigenvalue weighted by Crippen LogP contribution is 2.22. The molecular weight excluding hydrogens is 198 g/mol. The van der Waals surface area contributed by atoms with Crippen molar-refractivity contribution >= 4 is 40.2 Å². The minimum atomic E-state index is -0.355. The molecule has 6 heteroatoms. The van der Waals surface area contributed by atoms with Crippen LogP contribution >= 0.6 is 24.0 Å². The predicted octanol–water partition coefficient (Wildman–Crippen LogP) is 0.702. The molecule has 1 N–H and O–H groups in total. The Kier molecular flexibility index (Phi) is 3.05. The lowest BCUT2D eigenvalue weighted by molar-refractivity contribution is -0.140. The van der Waals surface area contributed by atoms with E-state index >= 15 is 0 Å². The van der Waals surface area contributed by atoms with Crippen LogP contribution in [-0.2, 0) is 9.53 Å². The third-order valence-electron chi connectivity index (χ3n) is 1.35. The van der Waals surface area contributed by atoms with Gasteiger partial charge in [-0.1, -0.05) is 24.0 Å². The van der Waals surface area contributed by atoms with E-state index in [2.05, 4.69) is 10.1 Å². The molecule has 0 aromatic heterocycles. The Morgan fingerprint density at radius 3 is 2.92 bits per heavy atom. The summed E-state index contributed by atoms with van der Waals surface area (Å²) in [6.45, 7) is 0. The van der Waals surface area contributed by atoms with Gasteiger partial charge in [0.05, 0.1) is 23.8 Å². The minimum Gasteiger partial charge on any atom is -0.469 e. The van der Waals surface area contributed by atoms with Crippen molar-refractivity contribution in [2.24, 2.45) is 0 Å². The van der Waals surface area contributed by atoms with E-state index in [-0.39, 0.29) is 22.9 Å². The zero-order valence-corrected chi connectivity index (χ0v) is 7.96. The molecule has 0 aliphatic carbocycles. The number of methoxy groups -OCH3 is 1. The number of hydrogen-bond acceptors (Lipinski definition) is 5. The Labute approximate surface area is 79.0 Å². The van der Waals surface area contributed by atoms with Crippen molar-refractivity contribution in [1.82, 2.24) is 5.32 Å². The average molecular weight is 205 g/mol. The minimum absolute atomic E-state index is 0.152. The molecule has 1 saturated heterocycles. The molecule has 12 heavy (non-hydrogen) atoms. The van der Waals surface area contributed by atoms with Gasteiger partial charge < -0.3 is 10.1 Å². The number of hydrogen-bond donors (Lipinski definition) is 1. The van der Waals surface area contributed by atoms with E-state index in [9.17, 15) is 9.59 Å². The zero-order chi connectivity index (χ0) is 9.14. The van der Waals surface area contributed by atoms with Crippen LogP contribution < -0.4 is 5.32 Å². The van der Waals surface area contributed by atoms with Crippen LogP contribution in [0.2, 0.25) is 0 Å². The number of nitrogens with one attached hydrogen (secondary N) is 1. The van der Waals surface area contributed by atoms with Gasteiger partial charge in [0, 0.05) is 0 Å². The van der Waals surface area contributed by atoms with Gasteiger partial charge in [0.15, 0.2) is 0 Å². The standard InChI is InChI=1S/C6H7NO3S2/c1-10-4(8)2-3-5(11)7-6(9)12-3/h3H,2H2,1H3,(H,7,9,11)/t3-/m0/s1. The molecule has 1 aliphatic heterocycles. The first-order chi connectivity index (χ1) is 5.63. The fourth-order valence-corrected chi connectivity index (χ4v) is 1.96. The first-order valence-corrected chi connectivity index (χ1v) is 4.50. The zero-order valence-electron chi connectivity index (χ0n) is 6.33. The summed E-state index contributed by atoms with van der Waals surface area (Å²) in [5.74, 6) is -0.355. The lowest BCUT2D eigenvalue weighted by Crippen LogP contribution is -2.24. The van der Waals surface area contributed by atoms with Gasteiger partial charge in [0.2, 0.25) is 0 Å². The molecule has 1 aliphatic rings. The second kappa shape index (κ2) is 3.86. The number of thiocarbonyl (C=S) groups is 1. The molecular formula is C6H7NO3S2. The van der Waals surface area contributed by atoms with Gasteiger partial charge >= 0.3 is 5.97 Å². The number of carbonyl (C=O) groups excluding carboxylic acids is 2. The average Bonchev–Trinajstić information content (AvgIpc) is 2.30. The van der Waals surface area contributed by atoms with E-state index in [0.29, 0.717) is 4.99 Å². The number of esters is 1. The first kappa shape index (κ1) is 9.47. The van der Waals surface area contributed by atoms with Crippen LogP contribution in [0, 0.1) is 0 Å². The summed E-state index contributed by atoms with van der Waals surface area (Å²) in [5, 5.41) is 1.99. The normalized spacial score (nSPS) is 22.2. The van der Waals surface area contributed by atoms with Crippen LogP contribution in [-0.4, -0.2) is 28.6 Å². The molecule has 0 radical (unpaired) electrons. The Morgan fingerprint density at radius 2 is 2.50 bits per heavy atom. The van der Waals surface area contributed by atoms with Gasteiger partial charge in [0.1, 0.15) is 0 Å². The maximum Gasteiger partial charge on any atom is 0.307 e. The summed E-state index contributed by atoms with van der Waals surface area (Å²) >= 11 is 5.85. The predicted molar refractivity (Wildman–Crippen MR) is 49.1 cm³/mol. The fourth-order valence-electron chi connectivity index (χ4n) is 0.762. The second-order valence-electron chi connectivity index (χ2n) is 2.16. The van der Waals surface area contributed by atoms with E-state index in [0.717, 1.165) is 11.8 Å². The molecule has 1 amide bonds. The molecule has 0 aromatic carbocycles. The highest BCUT2D eigenvalue weighted by atomic mass is 32.2. The van der Waals surface area contributed by atoms with Crippen molar-refractivity contribution in [3.8, 4) is 0 Å². The Morgan fingerprint density at radius 1 is 1.83 bits per heavy atom. The van der Waals surface area contributed by atoms with Gasteiger partial charge in [-0.05, 0) is 0 Å². The third kappa shape index (κ3) is 2.18. The van der Waals surface area contributed by atoms with Crippen LogP contribution in [0.3, 0.4) is 0 Å².